The van der Waals surface area contributed by atoms with Crippen LogP contribution >= 0.6 is 11.3 Å². The summed E-state index contributed by atoms with van der Waals surface area (Å²) in [5.41, 5.74) is 0. The van der Waals surface area contributed by atoms with Crippen molar-refractivity contribution >= 4 is 17.1 Å². The monoisotopic (exact) mass is 254 g/mol. The largest absolute Gasteiger partial charge is 0.373 e. The van der Waals surface area contributed by atoms with Gasteiger partial charge >= 0.3 is 0 Å². The van der Waals surface area contributed by atoms with Crippen molar-refractivity contribution in [3.05, 3.63) is 22.4 Å². The molecule has 3 heteroatoms. The molecule has 0 fully saturated rings. The van der Waals surface area contributed by atoms with E-state index in [1.807, 2.05) is 17.5 Å². The maximum Gasteiger partial charge on any atom is 0.198 e. The molecule has 0 aliphatic heterocycles. The molecule has 0 amide bonds. The third-order valence-electron chi connectivity index (χ3n) is 2.67. The molecule has 17 heavy (non-hydrogen) atoms. The molecular formula is C14H22O2S. The zero-order valence-electron chi connectivity index (χ0n) is 10.6. The van der Waals surface area contributed by atoms with Crippen LogP contribution in [0, 0.1) is 0 Å². The molecule has 0 N–H and O–H groups in total. The normalized spacial score (nSPS) is 10.6. The molecule has 1 heterocycles. The van der Waals surface area contributed by atoms with E-state index < -0.39 is 0 Å². The Labute approximate surface area is 108 Å². The Morgan fingerprint density at radius 3 is 2.71 bits per heavy atom. The summed E-state index contributed by atoms with van der Waals surface area (Å²) in [6, 6.07) is 3.74. The number of hydrogen-bond donors (Lipinski definition) is 0. The van der Waals surface area contributed by atoms with E-state index in [2.05, 4.69) is 6.92 Å². The summed E-state index contributed by atoms with van der Waals surface area (Å²) in [7, 11) is 0. The SMILES string of the molecule is CCCCCCCCOCC(=O)c1cccs1. The molecule has 1 aromatic rings. The molecule has 96 valence electrons. The molecule has 0 bridgehead atoms. The lowest BCUT2D eigenvalue weighted by Crippen LogP contribution is -2.08. The number of unbranched alkanes of at least 4 members (excludes halogenated alkanes) is 5. The van der Waals surface area contributed by atoms with Crippen molar-refractivity contribution in [1.29, 1.82) is 0 Å². The molecular weight excluding hydrogens is 232 g/mol. The lowest BCUT2D eigenvalue weighted by atomic mass is 10.1. The van der Waals surface area contributed by atoms with E-state index in [-0.39, 0.29) is 12.4 Å². The summed E-state index contributed by atoms with van der Waals surface area (Å²) in [4.78, 5) is 12.4. The fraction of sp³-hybridized carbons (Fsp3) is 0.643. The first-order valence-corrected chi connectivity index (χ1v) is 7.37. The van der Waals surface area contributed by atoms with Crippen LogP contribution in [0.5, 0.6) is 0 Å². The Morgan fingerprint density at radius 1 is 1.24 bits per heavy atom. The van der Waals surface area contributed by atoms with Crippen LogP contribution in [0.15, 0.2) is 17.5 Å². The van der Waals surface area contributed by atoms with Crippen LogP contribution in [-0.4, -0.2) is 19.0 Å². The number of ether oxygens (including phenoxy) is 1. The van der Waals surface area contributed by atoms with E-state index in [9.17, 15) is 4.79 Å². The minimum Gasteiger partial charge on any atom is -0.373 e. The van der Waals surface area contributed by atoms with Gasteiger partial charge in [0, 0.05) is 6.61 Å². The summed E-state index contributed by atoms with van der Waals surface area (Å²) in [5, 5.41) is 1.92. The highest BCUT2D eigenvalue weighted by Gasteiger charge is 2.05. The number of Topliss-reactive ketones (excluding diaryl/α,β-unsaturated/α-hetero) is 1. The third kappa shape index (κ3) is 6.59. The van der Waals surface area contributed by atoms with Gasteiger partial charge < -0.3 is 4.74 Å². The molecule has 0 aliphatic carbocycles. The van der Waals surface area contributed by atoms with Crippen molar-refractivity contribution in [2.75, 3.05) is 13.2 Å². The minimum atomic E-state index is 0.103. The van der Waals surface area contributed by atoms with E-state index in [1.165, 1.54) is 43.4 Å². The van der Waals surface area contributed by atoms with Crippen molar-refractivity contribution in [3.63, 3.8) is 0 Å². The van der Waals surface area contributed by atoms with Crippen LogP contribution in [0.1, 0.15) is 55.1 Å². The van der Waals surface area contributed by atoms with E-state index in [4.69, 9.17) is 4.74 Å². The summed E-state index contributed by atoms with van der Waals surface area (Å²) in [6.07, 6.45) is 7.51. The van der Waals surface area contributed by atoms with Crippen LogP contribution in [-0.2, 0) is 4.74 Å². The zero-order valence-corrected chi connectivity index (χ0v) is 11.4. The van der Waals surface area contributed by atoms with Gasteiger partial charge in [0.1, 0.15) is 6.61 Å². The fourth-order valence-electron chi connectivity index (χ4n) is 1.66. The van der Waals surface area contributed by atoms with Crippen LogP contribution in [0.2, 0.25) is 0 Å². The number of hydrogen-bond acceptors (Lipinski definition) is 3. The van der Waals surface area contributed by atoms with Crippen molar-refractivity contribution in [2.45, 2.75) is 45.4 Å². The lowest BCUT2D eigenvalue weighted by molar-refractivity contribution is 0.0756. The van der Waals surface area contributed by atoms with E-state index >= 15 is 0 Å². The Morgan fingerprint density at radius 2 is 2.00 bits per heavy atom. The molecule has 2 nitrogen and oxygen atoms in total. The number of carbonyl (C=O) groups excluding carboxylic acids is 1. The van der Waals surface area contributed by atoms with Crippen molar-refractivity contribution in [3.8, 4) is 0 Å². The number of rotatable bonds is 10. The lowest BCUT2D eigenvalue weighted by Gasteiger charge is -2.02. The average molecular weight is 254 g/mol. The fourth-order valence-corrected chi connectivity index (χ4v) is 2.31. The van der Waals surface area contributed by atoms with Gasteiger partial charge in [-0.3, -0.25) is 4.79 Å². The van der Waals surface area contributed by atoms with Gasteiger partial charge in [0.05, 0.1) is 4.88 Å². The van der Waals surface area contributed by atoms with Gasteiger partial charge in [-0.2, -0.15) is 0 Å². The van der Waals surface area contributed by atoms with Gasteiger partial charge in [-0.15, -0.1) is 11.3 Å². The number of carbonyl (C=O) groups is 1. The van der Waals surface area contributed by atoms with Crippen molar-refractivity contribution in [1.82, 2.24) is 0 Å². The summed E-state index contributed by atoms with van der Waals surface area (Å²) in [6.45, 7) is 3.16. The van der Waals surface area contributed by atoms with Gasteiger partial charge in [-0.1, -0.05) is 45.1 Å². The quantitative estimate of drug-likeness (QED) is 0.459. The first kappa shape index (κ1) is 14.4. The Bertz CT molecular complexity index is 293. The first-order valence-electron chi connectivity index (χ1n) is 6.49. The molecule has 0 unspecified atom stereocenters. The highest BCUT2D eigenvalue weighted by molar-refractivity contribution is 7.12. The number of thiophene rings is 1. The first-order chi connectivity index (χ1) is 8.34. The molecule has 0 spiro atoms. The molecule has 0 radical (unpaired) electrons. The second-order valence-electron chi connectivity index (χ2n) is 4.22. The van der Waals surface area contributed by atoms with Crippen LogP contribution in [0.4, 0.5) is 0 Å². The highest BCUT2D eigenvalue weighted by atomic mass is 32.1. The van der Waals surface area contributed by atoms with E-state index in [0.717, 1.165) is 11.3 Å². The molecule has 0 saturated carbocycles. The molecule has 0 aromatic carbocycles. The zero-order chi connectivity index (χ0) is 12.3. The van der Waals surface area contributed by atoms with Gasteiger partial charge in [0.2, 0.25) is 0 Å². The summed E-state index contributed by atoms with van der Waals surface area (Å²) >= 11 is 1.48. The second-order valence-corrected chi connectivity index (χ2v) is 5.17. The van der Waals surface area contributed by atoms with E-state index in [1.54, 1.807) is 0 Å². The Kier molecular flexibility index (Phi) is 7.93. The summed E-state index contributed by atoms with van der Waals surface area (Å²) < 4.78 is 5.38. The smallest absolute Gasteiger partial charge is 0.198 e. The van der Waals surface area contributed by atoms with Gasteiger partial charge in [-0.05, 0) is 17.9 Å². The van der Waals surface area contributed by atoms with Gasteiger partial charge in [0.15, 0.2) is 5.78 Å². The molecule has 1 rings (SSSR count). The van der Waals surface area contributed by atoms with Crippen LogP contribution < -0.4 is 0 Å². The average Bonchev–Trinajstić information content (AvgIpc) is 2.86. The molecule has 0 aliphatic rings. The third-order valence-corrected chi connectivity index (χ3v) is 3.58. The minimum absolute atomic E-state index is 0.103. The topological polar surface area (TPSA) is 26.3 Å². The maximum atomic E-state index is 11.6. The molecule has 0 atom stereocenters. The van der Waals surface area contributed by atoms with Crippen molar-refractivity contribution < 1.29 is 9.53 Å². The van der Waals surface area contributed by atoms with Crippen LogP contribution in [0.25, 0.3) is 0 Å². The van der Waals surface area contributed by atoms with Crippen LogP contribution in [0.3, 0.4) is 0 Å². The highest BCUT2D eigenvalue weighted by Crippen LogP contribution is 2.09. The number of ketones is 1. The van der Waals surface area contributed by atoms with Crippen molar-refractivity contribution in [2.24, 2.45) is 0 Å². The van der Waals surface area contributed by atoms with E-state index in [0.29, 0.717) is 6.61 Å². The Hall–Kier alpha value is -0.670. The standard InChI is InChI=1S/C14H22O2S/c1-2-3-4-5-6-7-10-16-12-13(15)14-9-8-11-17-14/h8-9,11H,2-7,10,12H2,1H3. The summed E-state index contributed by atoms with van der Waals surface area (Å²) in [5.74, 6) is 0.103. The predicted octanol–water partition coefficient (Wildman–Crippen LogP) is 4.31. The Balaban J connectivity index is 1.92. The van der Waals surface area contributed by atoms with Gasteiger partial charge in [-0.25, -0.2) is 0 Å². The molecule has 1 aromatic heterocycles. The van der Waals surface area contributed by atoms with Gasteiger partial charge in [0.25, 0.3) is 0 Å². The second kappa shape index (κ2) is 9.37. The molecule has 0 saturated heterocycles. The predicted molar refractivity (Wildman–Crippen MR) is 72.8 cm³/mol. The maximum absolute atomic E-state index is 11.6.